The summed E-state index contributed by atoms with van der Waals surface area (Å²) in [5.41, 5.74) is 11.3. The fraction of sp³-hybridized carbons (Fsp3) is 0.820. The van der Waals surface area contributed by atoms with Crippen molar-refractivity contribution in [3.63, 3.8) is 0 Å². The molecule has 414 valence electrons. The Morgan fingerprint density at radius 2 is 1.65 bits per heavy atom. The van der Waals surface area contributed by atoms with Crippen LogP contribution in [0.2, 0.25) is 0 Å². The van der Waals surface area contributed by atoms with Crippen LogP contribution in [0.3, 0.4) is 0 Å². The SMILES string of the molecule is CNC[C@H]1[C@@H](O)[C@@H](O)C[C@]2(C3CCCCC3)[C@@H]3C(=CC(=O)[C@H]12)[C@]1(O)[C@H]2CSSC[C@@H](n4ccnc4)CC(C)(C)C4=C5CCCC6(CCCC6)[C@@H]5C5=C6[C@@H](CCC5)C[C@H]([C@H](O)[C@H]64)[C@@H](C2)[C@@]1(C)C[C@H]3CN=C(N)N[C@@H](C)O. The highest BCUT2D eigenvalue weighted by molar-refractivity contribution is 8.76. The molecule has 0 unspecified atom stereocenters. The van der Waals surface area contributed by atoms with E-state index in [-0.39, 0.29) is 71.0 Å². The van der Waals surface area contributed by atoms with Gasteiger partial charge in [-0.2, -0.15) is 0 Å². The van der Waals surface area contributed by atoms with Gasteiger partial charge < -0.3 is 46.5 Å². The Bertz CT molecular complexity index is 2450. The lowest BCUT2D eigenvalue weighted by Gasteiger charge is -2.67. The van der Waals surface area contributed by atoms with Gasteiger partial charge in [0.05, 0.1) is 30.2 Å². The number of fused-ring (bicyclic) bond motifs is 14. The Hall–Kier alpha value is -2.17. The average molecular weight is 1070 g/mol. The van der Waals surface area contributed by atoms with Crippen LogP contribution in [0.15, 0.2) is 57.7 Å². The number of allylic oxidation sites excluding steroid dienone is 3. The summed E-state index contributed by atoms with van der Waals surface area (Å²) in [6.45, 7) is 9.74. The molecule has 11 aliphatic rings. The lowest BCUT2D eigenvalue weighted by atomic mass is 9.37. The van der Waals surface area contributed by atoms with Crippen molar-refractivity contribution in [2.24, 2.45) is 97.5 Å². The maximum Gasteiger partial charge on any atom is 0.190 e. The minimum Gasteiger partial charge on any atom is -0.392 e. The summed E-state index contributed by atoms with van der Waals surface area (Å²) in [6, 6.07) is 0.179. The molecule has 18 atom stereocenters. The Labute approximate surface area is 455 Å². The van der Waals surface area contributed by atoms with Crippen LogP contribution >= 0.6 is 21.6 Å². The number of rotatable bonds is 7. The lowest BCUT2D eigenvalue weighted by molar-refractivity contribution is -0.204. The number of aliphatic hydroxyl groups excluding tert-OH is 4. The van der Waals surface area contributed by atoms with Gasteiger partial charge in [0, 0.05) is 78.0 Å². The van der Waals surface area contributed by atoms with Crippen LogP contribution in [0.4, 0.5) is 0 Å². The quantitative estimate of drug-likeness (QED) is 0.0425. The minimum atomic E-state index is -1.39. The number of carbonyl (C=O) groups excluding carboxylic acids is 1. The van der Waals surface area contributed by atoms with Crippen LogP contribution in [-0.2, 0) is 4.79 Å². The first kappa shape index (κ1) is 53.5. The highest BCUT2D eigenvalue weighted by atomic mass is 33.1. The van der Waals surface area contributed by atoms with Crippen LogP contribution in [0.1, 0.15) is 162 Å². The molecule has 12 nitrogen and oxygen atoms in total. The van der Waals surface area contributed by atoms with Gasteiger partial charge in [-0.25, -0.2) is 4.98 Å². The Morgan fingerprint density at radius 1 is 0.907 bits per heavy atom. The van der Waals surface area contributed by atoms with E-state index in [1.165, 1.54) is 44.9 Å². The standard InChI is InChI=1S/C61H92N6O6S2/c1-34(68)66-56(62)65-29-36-26-58(4)44-24-38(61(58,73)45-25-46(69)52-43(30-63-5)54(71)47(70)28-60(52,50(36)45)37-14-7-6-8-15-37)31-74-75-32-39(67-22-21-64-33-67)27-57(2,3)53-41-17-12-20-59(18-9-10-19-59)51(41)40-16-11-13-35-23-42(44)55(72)49(53)48(35)40/h21-22,25,33-39,42-44,47,49-52,54-55,63,68,70-73H,6-20,23-24,26-32H2,1-5H3,(H3,62,65,66)/t34-,35+,36+,38-,39+,42+,43-,44-,47+,49-,50+,51-,52+,54-,55+,58-,60+,61-/m1/s1. The van der Waals surface area contributed by atoms with E-state index in [9.17, 15) is 25.5 Å². The topological polar surface area (TPSA) is 198 Å². The molecule has 4 bridgehead atoms. The third kappa shape index (κ3) is 8.27. The highest BCUT2D eigenvalue weighted by Crippen LogP contribution is 2.76. The summed E-state index contributed by atoms with van der Waals surface area (Å²) >= 11 is 0. The minimum absolute atomic E-state index is 0.0171. The predicted molar refractivity (Wildman–Crippen MR) is 299 cm³/mol. The van der Waals surface area contributed by atoms with Gasteiger partial charge in [-0.05, 0) is 174 Å². The molecule has 14 heteroatoms. The van der Waals surface area contributed by atoms with E-state index in [4.69, 9.17) is 10.7 Å². The first-order valence-electron chi connectivity index (χ1n) is 30.1. The second kappa shape index (κ2) is 20.1. The molecule has 1 saturated heterocycles. The van der Waals surface area contributed by atoms with Crippen molar-refractivity contribution in [1.29, 1.82) is 0 Å². The Balaban J connectivity index is 1.05. The van der Waals surface area contributed by atoms with E-state index in [1.54, 1.807) is 29.2 Å². The van der Waals surface area contributed by atoms with E-state index in [0.29, 0.717) is 42.5 Å². The van der Waals surface area contributed by atoms with Crippen molar-refractivity contribution in [3.05, 3.63) is 52.7 Å². The fourth-order valence-electron chi connectivity index (χ4n) is 21.5. The smallest absolute Gasteiger partial charge is 0.190 e. The van der Waals surface area contributed by atoms with Crippen molar-refractivity contribution >= 4 is 33.3 Å². The number of aliphatic hydroxyl groups is 5. The van der Waals surface area contributed by atoms with Crippen molar-refractivity contribution in [3.8, 4) is 0 Å². The van der Waals surface area contributed by atoms with Crippen molar-refractivity contribution in [2.45, 2.75) is 192 Å². The van der Waals surface area contributed by atoms with E-state index in [0.717, 1.165) is 82.0 Å². The maximum absolute atomic E-state index is 15.8. The monoisotopic (exact) mass is 1070 g/mol. The first-order valence-corrected chi connectivity index (χ1v) is 32.6. The summed E-state index contributed by atoms with van der Waals surface area (Å²) in [5, 5.41) is 70.0. The molecular weight excluding hydrogens is 977 g/mol. The number of nitrogens with one attached hydrogen (secondary N) is 2. The number of hydrogen-bond donors (Lipinski definition) is 8. The molecule has 0 aromatic carbocycles. The molecule has 1 aliphatic heterocycles. The number of imidazole rings is 1. The summed E-state index contributed by atoms with van der Waals surface area (Å²) in [5.74, 6) is 0.778. The molecule has 9 N–H and O–H groups in total. The number of aromatic nitrogens is 2. The third-order valence-corrected chi connectivity index (χ3v) is 26.3. The zero-order valence-corrected chi connectivity index (χ0v) is 47.5. The van der Waals surface area contributed by atoms with E-state index >= 15 is 4.79 Å². The highest BCUT2D eigenvalue weighted by Gasteiger charge is 2.75. The van der Waals surface area contributed by atoms with Gasteiger partial charge >= 0.3 is 0 Å². The molecule has 0 amide bonds. The van der Waals surface area contributed by atoms with E-state index < -0.39 is 52.8 Å². The maximum atomic E-state index is 15.8. The third-order valence-electron chi connectivity index (χ3n) is 23.7. The number of nitrogens with two attached hydrogens (primary N) is 1. The molecule has 1 aromatic heterocycles. The summed E-state index contributed by atoms with van der Waals surface area (Å²) < 4.78 is 2.34. The van der Waals surface area contributed by atoms with E-state index in [1.807, 2.05) is 47.2 Å². The van der Waals surface area contributed by atoms with Gasteiger partial charge in [0.25, 0.3) is 0 Å². The molecule has 2 heterocycles. The van der Waals surface area contributed by atoms with Crippen LogP contribution in [0, 0.1) is 86.8 Å². The van der Waals surface area contributed by atoms with Gasteiger partial charge in [0.15, 0.2) is 11.7 Å². The molecule has 1 aromatic rings. The number of aliphatic imine (C=N–C) groups is 1. The number of guanidine groups is 1. The number of carbonyl (C=O) groups is 1. The molecule has 1 spiro atoms. The molecule has 12 rings (SSSR count). The van der Waals surface area contributed by atoms with Gasteiger partial charge in [0.1, 0.15) is 6.23 Å². The van der Waals surface area contributed by atoms with Crippen LogP contribution in [-0.4, -0.2) is 109 Å². The second-order valence-corrected chi connectivity index (χ2v) is 30.2. The van der Waals surface area contributed by atoms with E-state index in [2.05, 4.69) is 47.2 Å². The van der Waals surface area contributed by atoms with Crippen LogP contribution in [0.25, 0.3) is 0 Å². The van der Waals surface area contributed by atoms with Gasteiger partial charge in [-0.3, -0.25) is 9.79 Å². The van der Waals surface area contributed by atoms with Crippen LogP contribution in [0.5, 0.6) is 0 Å². The zero-order chi connectivity index (χ0) is 52.4. The lowest BCUT2D eigenvalue weighted by Crippen LogP contribution is -2.70. The van der Waals surface area contributed by atoms with Gasteiger partial charge in [-0.15, -0.1) is 0 Å². The number of hydrogen-bond acceptors (Lipinski definition) is 11. The largest absolute Gasteiger partial charge is 0.392 e. The average Bonchev–Trinajstić information content (AvgIpc) is 4.22. The van der Waals surface area contributed by atoms with Crippen LogP contribution < -0.4 is 16.4 Å². The van der Waals surface area contributed by atoms with Crippen molar-refractivity contribution in [2.75, 3.05) is 31.6 Å². The second-order valence-electron chi connectivity index (χ2n) is 27.7. The summed E-state index contributed by atoms with van der Waals surface area (Å²) in [7, 11) is 5.66. The molecule has 7 saturated carbocycles. The molecule has 0 radical (unpaired) electrons. The number of nitrogens with zero attached hydrogens (tertiary/aromatic N) is 3. The van der Waals surface area contributed by atoms with Gasteiger partial charge in [0.2, 0.25) is 0 Å². The van der Waals surface area contributed by atoms with Gasteiger partial charge in [-0.1, -0.05) is 96.8 Å². The van der Waals surface area contributed by atoms with Crippen molar-refractivity contribution < 1.29 is 30.3 Å². The normalized spacial score (nSPS) is 45.0. The Kier molecular flexibility index (Phi) is 14.3. The first-order chi connectivity index (χ1) is 36.0. The molecular formula is C61H92N6O6S2. The summed E-state index contributed by atoms with van der Waals surface area (Å²) in [4.78, 5) is 25.5. The fourth-order valence-corrected chi connectivity index (χ4v) is 24.2. The predicted octanol–water partition coefficient (Wildman–Crippen LogP) is 8.91. The zero-order valence-electron chi connectivity index (χ0n) is 45.9. The molecule has 75 heavy (non-hydrogen) atoms. The molecule has 8 fully saturated rings. The van der Waals surface area contributed by atoms with Crippen molar-refractivity contribution in [1.82, 2.24) is 20.2 Å². The summed E-state index contributed by atoms with van der Waals surface area (Å²) in [6.07, 6.45) is 25.4. The molecule has 10 aliphatic carbocycles. The number of ketones is 1. The Morgan fingerprint density at radius 3 is 2.39 bits per heavy atom.